The fourth-order valence-corrected chi connectivity index (χ4v) is 3.35. The Hall–Kier alpha value is -3.68. The van der Waals surface area contributed by atoms with Gasteiger partial charge in [-0.2, -0.15) is 8.42 Å². The summed E-state index contributed by atoms with van der Waals surface area (Å²) in [6, 6.07) is 27.7. The molecule has 0 aliphatic carbocycles. The van der Waals surface area contributed by atoms with E-state index in [4.69, 9.17) is 4.55 Å². The lowest BCUT2D eigenvalue weighted by Crippen LogP contribution is -2.08. The van der Waals surface area contributed by atoms with Crippen LogP contribution in [0.25, 0.3) is 17.8 Å². The molecule has 1 heterocycles. The second kappa shape index (κ2) is 9.69. The molecule has 30 heavy (non-hydrogen) atoms. The highest BCUT2D eigenvalue weighted by molar-refractivity contribution is 7.86. The molecular weight excluding hydrogens is 400 g/mol. The smallest absolute Gasteiger partial charge is 0.282 e. The first-order valence-electron chi connectivity index (χ1n) is 9.06. The Balaban J connectivity index is 0.000000172. The van der Waals surface area contributed by atoms with Crippen LogP contribution in [0.3, 0.4) is 0 Å². The van der Waals surface area contributed by atoms with Crippen molar-refractivity contribution in [1.29, 1.82) is 0 Å². The Labute approximate surface area is 174 Å². The molecule has 4 aromatic rings. The third-order valence-corrected chi connectivity index (χ3v) is 4.98. The van der Waals surface area contributed by atoms with Gasteiger partial charge < -0.3 is 0 Å². The van der Waals surface area contributed by atoms with Crippen molar-refractivity contribution < 1.29 is 13.0 Å². The quantitative estimate of drug-likeness (QED) is 0.381. The van der Waals surface area contributed by atoms with Gasteiger partial charge in [0.25, 0.3) is 15.7 Å². The van der Waals surface area contributed by atoms with E-state index in [-0.39, 0.29) is 16.1 Å². The number of aromatic nitrogens is 2. The Morgan fingerprint density at radius 1 is 0.733 bits per heavy atom. The van der Waals surface area contributed by atoms with E-state index in [0.29, 0.717) is 0 Å². The van der Waals surface area contributed by atoms with Crippen LogP contribution in [0.1, 0.15) is 11.1 Å². The van der Waals surface area contributed by atoms with Gasteiger partial charge in [0.2, 0.25) is 0 Å². The lowest BCUT2D eigenvalue weighted by molar-refractivity contribution is 0.482. The molecular formula is C23H20N2O4S. The number of H-pyrrole nitrogens is 1. The summed E-state index contributed by atoms with van der Waals surface area (Å²) in [5.41, 5.74) is 2.30. The molecule has 3 aromatic carbocycles. The van der Waals surface area contributed by atoms with Crippen molar-refractivity contribution >= 4 is 22.3 Å². The maximum absolute atomic E-state index is 11.1. The summed E-state index contributed by atoms with van der Waals surface area (Å²) >= 11 is 0. The third kappa shape index (κ3) is 5.91. The molecule has 7 heteroatoms. The number of benzene rings is 3. The molecule has 0 spiro atoms. The molecule has 152 valence electrons. The number of nitrogens with zero attached hydrogens (tertiary/aromatic N) is 1. The van der Waals surface area contributed by atoms with Gasteiger partial charge in [-0.25, -0.2) is 0 Å². The lowest BCUT2D eigenvalue weighted by atomic mass is 10.1. The van der Waals surface area contributed by atoms with E-state index in [1.165, 1.54) is 46.3 Å². The zero-order valence-corrected chi connectivity index (χ0v) is 16.7. The topological polar surface area (TPSA) is 92.2 Å². The summed E-state index contributed by atoms with van der Waals surface area (Å²) in [6.07, 6.45) is 5.62. The van der Waals surface area contributed by atoms with Gasteiger partial charge in [-0.3, -0.25) is 19.1 Å². The molecule has 2 N–H and O–H groups in total. The Kier molecular flexibility index (Phi) is 6.79. The second-order valence-electron chi connectivity index (χ2n) is 6.26. The Bertz CT molecular complexity index is 1230. The zero-order valence-electron chi connectivity index (χ0n) is 15.9. The average Bonchev–Trinajstić information content (AvgIpc) is 3.20. The number of aromatic amines is 1. The van der Waals surface area contributed by atoms with E-state index >= 15 is 0 Å². The van der Waals surface area contributed by atoms with Crippen molar-refractivity contribution in [1.82, 2.24) is 9.78 Å². The molecule has 0 saturated heterocycles. The minimum Gasteiger partial charge on any atom is -0.282 e. The monoisotopic (exact) mass is 420 g/mol. The van der Waals surface area contributed by atoms with Gasteiger partial charge in [0.05, 0.1) is 5.69 Å². The van der Waals surface area contributed by atoms with Crippen LogP contribution in [-0.4, -0.2) is 22.8 Å². The minimum atomic E-state index is -4.32. The predicted molar refractivity (Wildman–Crippen MR) is 118 cm³/mol. The van der Waals surface area contributed by atoms with E-state index in [9.17, 15) is 13.2 Å². The first kappa shape index (κ1) is 21.0. The van der Waals surface area contributed by atoms with Gasteiger partial charge in [-0.15, -0.1) is 0 Å². The van der Waals surface area contributed by atoms with Crippen LogP contribution in [-0.2, 0) is 10.1 Å². The first-order chi connectivity index (χ1) is 14.4. The summed E-state index contributed by atoms with van der Waals surface area (Å²) in [5, 5.41) is 2.39. The van der Waals surface area contributed by atoms with Crippen LogP contribution >= 0.6 is 0 Å². The molecule has 6 nitrogen and oxygen atoms in total. The van der Waals surface area contributed by atoms with E-state index in [1.54, 1.807) is 6.07 Å². The molecule has 0 unspecified atom stereocenters. The molecule has 1 aromatic heterocycles. The molecule has 0 saturated carbocycles. The number of para-hydroxylation sites is 1. The van der Waals surface area contributed by atoms with Crippen LogP contribution in [0.2, 0.25) is 0 Å². The number of rotatable bonds is 4. The van der Waals surface area contributed by atoms with Crippen LogP contribution in [0.5, 0.6) is 0 Å². The summed E-state index contributed by atoms with van der Waals surface area (Å²) in [6.45, 7) is 0. The number of hydrogen-bond acceptors (Lipinski definition) is 3. The van der Waals surface area contributed by atoms with E-state index in [0.717, 1.165) is 0 Å². The van der Waals surface area contributed by atoms with Gasteiger partial charge in [-0.05, 0) is 23.3 Å². The SMILES string of the molecule is C(=C\c1ccccc1)/c1ccccc1.O=c1ccn(-c2ccccc2S(=O)(=O)O)[nH]1. The van der Waals surface area contributed by atoms with Crippen LogP contribution in [0.4, 0.5) is 0 Å². The maximum Gasteiger partial charge on any atom is 0.296 e. The fourth-order valence-electron chi connectivity index (χ4n) is 2.67. The van der Waals surface area contributed by atoms with E-state index in [2.05, 4.69) is 41.5 Å². The molecule has 0 amide bonds. The standard InChI is InChI=1S/C14H12.C9H8N2O4S/c1-3-7-13(8-4-1)11-12-14-9-5-2-6-10-14;12-9-5-6-11(10-9)7-3-1-2-4-8(7)16(13,14)15/h1-12H;1-6H,(H,10,12)(H,13,14,15)/b12-11+;. The van der Waals surface area contributed by atoms with Crippen molar-refractivity contribution in [2.24, 2.45) is 0 Å². The van der Waals surface area contributed by atoms with Crippen molar-refractivity contribution in [2.75, 3.05) is 0 Å². The largest absolute Gasteiger partial charge is 0.296 e. The zero-order chi connectivity index (χ0) is 21.4. The van der Waals surface area contributed by atoms with Gasteiger partial charge in [-0.1, -0.05) is 84.9 Å². The second-order valence-corrected chi connectivity index (χ2v) is 7.65. The molecule has 0 fully saturated rings. The lowest BCUT2D eigenvalue weighted by Gasteiger charge is -2.06. The number of hydrogen-bond donors (Lipinski definition) is 2. The molecule has 0 bridgehead atoms. The van der Waals surface area contributed by atoms with Crippen LogP contribution in [0, 0.1) is 0 Å². The summed E-state index contributed by atoms with van der Waals surface area (Å²) in [4.78, 5) is 10.7. The summed E-state index contributed by atoms with van der Waals surface area (Å²) in [5.74, 6) is 0. The molecule has 4 rings (SSSR count). The van der Waals surface area contributed by atoms with Crippen molar-refractivity contribution in [2.45, 2.75) is 4.90 Å². The van der Waals surface area contributed by atoms with Gasteiger partial charge in [0.1, 0.15) is 4.90 Å². The van der Waals surface area contributed by atoms with Crippen LogP contribution in [0.15, 0.2) is 107 Å². The fraction of sp³-hybridized carbons (Fsp3) is 0. The summed E-state index contributed by atoms with van der Waals surface area (Å²) in [7, 11) is -4.32. The predicted octanol–water partition coefficient (Wildman–Crippen LogP) is 4.27. The summed E-state index contributed by atoms with van der Waals surface area (Å²) < 4.78 is 32.4. The number of nitrogens with one attached hydrogen (secondary N) is 1. The first-order valence-corrected chi connectivity index (χ1v) is 10.5. The average molecular weight is 420 g/mol. The highest BCUT2D eigenvalue weighted by atomic mass is 32.2. The Morgan fingerprint density at radius 2 is 1.23 bits per heavy atom. The normalized spacial score (nSPS) is 11.1. The Morgan fingerprint density at radius 3 is 1.70 bits per heavy atom. The maximum atomic E-state index is 11.1. The molecule has 0 atom stereocenters. The van der Waals surface area contributed by atoms with E-state index < -0.39 is 10.1 Å². The van der Waals surface area contributed by atoms with Crippen molar-refractivity contribution in [3.05, 3.63) is 119 Å². The van der Waals surface area contributed by atoms with Crippen molar-refractivity contribution in [3.8, 4) is 5.69 Å². The minimum absolute atomic E-state index is 0.187. The molecule has 0 radical (unpaired) electrons. The van der Waals surface area contributed by atoms with Crippen molar-refractivity contribution in [3.63, 3.8) is 0 Å². The van der Waals surface area contributed by atoms with Crippen LogP contribution < -0.4 is 5.56 Å². The highest BCUT2D eigenvalue weighted by Crippen LogP contribution is 2.17. The highest BCUT2D eigenvalue weighted by Gasteiger charge is 2.15. The molecule has 0 aliphatic heterocycles. The molecule has 0 aliphatic rings. The third-order valence-electron chi connectivity index (χ3n) is 4.08. The van der Waals surface area contributed by atoms with Gasteiger partial charge in [0.15, 0.2) is 0 Å². The van der Waals surface area contributed by atoms with Gasteiger partial charge in [0, 0.05) is 12.3 Å². The van der Waals surface area contributed by atoms with E-state index in [1.807, 2.05) is 36.4 Å². The van der Waals surface area contributed by atoms with Gasteiger partial charge >= 0.3 is 0 Å².